The van der Waals surface area contributed by atoms with Crippen molar-refractivity contribution in [2.75, 3.05) is 13.1 Å². The van der Waals surface area contributed by atoms with Crippen LogP contribution in [0.4, 0.5) is 0 Å². The predicted octanol–water partition coefficient (Wildman–Crippen LogP) is 2.50. The van der Waals surface area contributed by atoms with E-state index in [-0.39, 0.29) is 0 Å². The SMILES string of the molecule is Cc1ccc(CCC(=O)C2CCNCC2)cc1. The summed E-state index contributed by atoms with van der Waals surface area (Å²) in [4.78, 5) is 12.0. The molecular formula is C15H21NO. The molecule has 0 radical (unpaired) electrons. The van der Waals surface area contributed by atoms with E-state index in [1.54, 1.807) is 0 Å². The number of Topliss-reactive ketones (excluding diaryl/α,β-unsaturated/α-hetero) is 1. The van der Waals surface area contributed by atoms with Gasteiger partial charge in [0.15, 0.2) is 0 Å². The lowest BCUT2D eigenvalue weighted by Gasteiger charge is -2.21. The van der Waals surface area contributed by atoms with Crippen LogP contribution in [-0.2, 0) is 11.2 Å². The lowest BCUT2D eigenvalue weighted by molar-refractivity contribution is -0.123. The molecule has 17 heavy (non-hydrogen) atoms. The maximum atomic E-state index is 12.0. The highest BCUT2D eigenvalue weighted by atomic mass is 16.1. The van der Waals surface area contributed by atoms with Gasteiger partial charge in [0, 0.05) is 12.3 Å². The molecule has 1 saturated heterocycles. The van der Waals surface area contributed by atoms with E-state index in [0.29, 0.717) is 18.1 Å². The van der Waals surface area contributed by atoms with Gasteiger partial charge in [-0.2, -0.15) is 0 Å². The van der Waals surface area contributed by atoms with Crippen LogP contribution < -0.4 is 5.32 Å². The second-order valence-electron chi connectivity index (χ2n) is 4.98. The van der Waals surface area contributed by atoms with Gasteiger partial charge in [-0.05, 0) is 44.8 Å². The van der Waals surface area contributed by atoms with E-state index in [1.165, 1.54) is 11.1 Å². The Kier molecular flexibility index (Phi) is 4.32. The van der Waals surface area contributed by atoms with Crippen molar-refractivity contribution < 1.29 is 4.79 Å². The van der Waals surface area contributed by atoms with Crippen LogP contribution in [0.25, 0.3) is 0 Å². The van der Waals surface area contributed by atoms with Crippen LogP contribution >= 0.6 is 0 Å². The molecule has 2 rings (SSSR count). The van der Waals surface area contributed by atoms with Gasteiger partial charge in [-0.3, -0.25) is 4.79 Å². The molecule has 1 N–H and O–H groups in total. The van der Waals surface area contributed by atoms with Gasteiger partial charge < -0.3 is 5.32 Å². The molecule has 92 valence electrons. The number of ketones is 1. The summed E-state index contributed by atoms with van der Waals surface area (Å²) in [6.07, 6.45) is 3.64. The van der Waals surface area contributed by atoms with Gasteiger partial charge in [0.2, 0.25) is 0 Å². The Morgan fingerprint density at radius 2 is 1.88 bits per heavy atom. The van der Waals surface area contributed by atoms with Gasteiger partial charge in [0.05, 0.1) is 0 Å². The molecular weight excluding hydrogens is 210 g/mol. The molecule has 0 atom stereocenters. The van der Waals surface area contributed by atoms with Crippen molar-refractivity contribution in [3.8, 4) is 0 Å². The Bertz CT molecular complexity index is 363. The van der Waals surface area contributed by atoms with Gasteiger partial charge in [0.25, 0.3) is 0 Å². The molecule has 0 aromatic heterocycles. The Labute approximate surface area is 103 Å². The Morgan fingerprint density at radius 3 is 2.53 bits per heavy atom. The fourth-order valence-electron chi connectivity index (χ4n) is 2.37. The topological polar surface area (TPSA) is 29.1 Å². The van der Waals surface area contributed by atoms with Gasteiger partial charge >= 0.3 is 0 Å². The number of hydrogen-bond donors (Lipinski definition) is 1. The minimum Gasteiger partial charge on any atom is -0.317 e. The van der Waals surface area contributed by atoms with Gasteiger partial charge in [-0.25, -0.2) is 0 Å². The molecule has 1 aliphatic rings. The molecule has 1 heterocycles. The molecule has 1 aromatic rings. The summed E-state index contributed by atoms with van der Waals surface area (Å²) in [5, 5.41) is 3.30. The van der Waals surface area contributed by atoms with E-state index < -0.39 is 0 Å². The largest absolute Gasteiger partial charge is 0.317 e. The molecule has 0 amide bonds. The Balaban J connectivity index is 1.81. The number of carbonyl (C=O) groups excluding carboxylic acids is 1. The quantitative estimate of drug-likeness (QED) is 0.862. The monoisotopic (exact) mass is 231 g/mol. The smallest absolute Gasteiger partial charge is 0.136 e. The zero-order chi connectivity index (χ0) is 12.1. The van der Waals surface area contributed by atoms with Crippen molar-refractivity contribution in [2.45, 2.75) is 32.6 Å². The Morgan fingerprint density at radius 1 is 1.24 bits per heavy atom. The van der Waals surface area contributed by atoms with Crippen LogP contribution in [0.15, 0.2) is 24.3 Å². The number of piperidine rings is 1. The maximum absolute atomic E-state index is 12.0. The van der Waals surface area contributed by atoms with Crippen LogP contribution in [0.3, 0.4) is 0 Å². The van der Waals surface area contributed by atoms with Crippen molar-refractivity contribution in [2.24, 2.45) is 5.92 Å². The van der Waals surface area contributed by atoms with Crippen molar-refractivity contribution in [3.05, 3.63) is 35.4 Å². The molecule has 0 aliphatic carbocycles. The zero-order valence-electron chi connectivity index (χ0n) is 10.5. The molecule has 1 aromatic carbocycles. The summed E-state index contributed by atoms with van der Waals surface area (Å²) in [6.45, 7) is 4.09. The van der Waals surface area contributed by atoms with E-state index in [9.17, 15) is 4.79 Å². The summed E-state index contributed by atoms with van der Waals surface area (Å²) in [7, 11) is 0. The van der Waals surface area contributed by atoms with Crippen LogP contribution in [0, 0.1) is 12.8 Å². The molecule has 1 aliphatic heterocycles. The maximum Gasteiger partial charge on any atom is 0.136 e. The third-order valence-corrected chi connectivity index (χ3v) is 3.58. The first-order valence-electron chi connectivity index (χ1n) is 6.54. The lowest BCUT2D eigenvalue weighted by Crippen LogP contribution is -2.31. The summed E-state index contributed by atoms with van der Waals surface area (Å²) in [5.41, 5.74) is 2.55. The lowest BCUT2D eigenvalue weighted by atomic mass is 9.90. The predicted molar refractivity (Wildman–Crippen MR) is 70.1 cm³/mol. The second-order valence-corrected chi connectivity index (χ2v) is 4.98. The van der Waals surface area contributed by atoms with Crippen LogP contribution in [0.2, 0.25) is 0 Å². The van der Waals surface area contributed by atoms with Crippen LogP contribution in [0.1, 0.15) is 30.4 Å². The van der Waals surface area contributed by atoms with Crippen molar-refractivity contribution >= 4 is 5.78 Å². The summed E-state index contributed by atoms with van der Waals surface area (Å²) in [5.74, 6) is 0.758. The van der Waals surface area contributed by atoms with E-state index in [4.69, 9.17) is 0 Å². The number of aryl methyl sites for hydroxylation is 2. The average Bonchev–Trinajstić information content (AvgIpc) is 2.39. The number of hydrogen-bond acceptors (Lipinski definition) is 2. The van der Waals surface area contributed by atoms with E-state index in [1.807, 2.05) is 0 Å². The molecule has 0 saturated carbocycles. The molecule has 0 bridgehead atoms. The number of carbonyl (C=O) groups is 1. The van der Waals surface area contributed by atoms with E-state index >= 15 is 0 Å². The summed E-state index contributed by atoms with van der Waals surface area (Å²) >= 11 is 0. The standard InChI is InChI=1S/C15H21NO/c1-12-2-4-13(5-3-12)6-7-15(17)14-8-10-16-11-9-14/h2-5,14,16H,6-11H2,1H3. The van der Waals surface area contributed by atoms with Crippen molar-refractivity contribution in [3.63, 3.8) is 0 Å². The van der Waals surface area contributed by atoms with Crippen LogP contribution in [-0.4, -0.2) is 18.9 Å². The third kappa shape index (κ3) is 3.67. The minimum atomic E-state index is 0.307. The summed E-state index contributed by atoms with van der Waals surface area (Å²) < 4.78 is 0. The van der Waals surface area contributed by atoms with Gasteiger partial charge in [0.1, 0.15) is 5.78 Å². The van der Waals surface area contributed by atoms with Crippen molar-refractivity contribution in [1.29, 1.82) is 0 Å². The highest BCUT2D eigenvalue weighted by Crippen LogP contribution is 2.16. The van der Waals surface area contributed by atoms with Crippen LogP contribution in [0.5, 0.6) is 0 Å². The van der Waals surface area contributed by atoms with Crippen molar-refractivity contribution in [1.82, 2.24) is 5.32 Å². The Hall–Kier alpha value is -1.15. The highest BCUT2D eigenvalue weighted by molar-refractivity contribution is 5.81. The first-order valence-corrected chi connectivity index (χ1v) is 6.54. The van der Waals surface area contributed by atoms with Gasteiger partial charge in [-0.15, -0.1) is 0 Å². The molecule has 1 fully saturated rings. The number of benzene rings is 1. The third-order valence-electron chi connectivity index (χ3n) is 3.58. The first-order chi connectivity index (χ1) is 8.25. The summed E-state index contributed by atoms with van der Waals surface area (Å²) in [6, 6.07) is 8.49. The average molecular weight is 231 g/mol. The number of nitrogens with one attached hydrogen (secondary N) is 1. The van der Waals surface area contributed by atoms with E-state index in [2.05, 4.69) is 36.5 Å². The second kappa shape index (κ2) is 5.97. The minimum absolute atomic E-state index is 0.307. The van der Waals surface area contributed by atoms with Gasteiger partial charge in [-0.1, -0.05) is 29.8 Å². The first kappa shape index (κ1) is 12.3. The molecule has 2 nitrogen and oxygen atoms in total. The molecule has 0 unspecified atom stereocenters. The molecule has 0 spiro atoms. The fourth-order valence-corrected chi connectivity index (χ4v) is 2.37. The number of rotatable bonds is 4. The molecule has 2 heteroatoms. The fraction of sp³-hybridized carbons (Fsp3) is 0.533. The normalized spacial score (nSPS) is 17.0. The highest BCUT2D eigenvalue weighted by Gasteiger charge is 2.20. The van der Waals surface area contributed by atoms with E-state index in [0.717, 1.165) is 32.4 Å². The zero-order valence-corrected chi connectivity index (χ0v) is 10.5.